The molecule has 0 fully saturated rings. The predicted octanol–water partition coefficient (Wildman–Crippen LogP) is 2.97. The fourth-order valence-corrected chi connectivity index (χ4v) is 4.55. The first-order valence-corrected chi connectivity index (χ1v) is 9.81. The molecule has 10 heteroatoms. The maximum atomic E-state index is 12.5. The van der Waals surface area contributed by atoms with Crippen molar-refractivity contribution < 1.29 is 14.3 Å². The second kappa shape index (κ2) is 7.69. The minimum Gasteiger partial charge on any atom is -0.465 e. The minimum atomic E-state index is -0.432. The van der Waals surface area contributed by atoms with E-state index in [0.29, 0.717) is 21.4 Å². The van der Waals surface area contributed by atoms with Gasteiger partial charge in [0.2, 0.25) is 11.7 Å². The van der Waals surface area contributed by atoms with E-state index in [4.69, 9.17) is 16.3 Å². The molecular formula is C18H16ClN5O3S. The summed E-state index contributed by atoms with van der Waals surface area (Å²) < 4.78 is 4.89. The van der Waals surface area contributed by atoms with Crippen molar-refractivity contribution in [1.29, 1.82) is 0 Å². The Hall–Kier alpha value is -2.78. The van der Waals surface area contributed by atoms with E-state index in [1.807, 2.05) is 0 Å². The summed E-state index contributed by atoms with van der Waals surface area (Å²) in [5.41, 5.74) is 2.19. The predicted molar refractivity (Wildman–Crippen MR) is 105 cm³/mol. The summed E-state index contributed by atoms with van der Waals surface area (Å²) in [4.78, 5) is 27.0. The second-order valence-corrected chi connectivity index (χ2v) is 7.79. The number of hydrogen-bond acceptors (Lipinski definition) is 7. The number of anilines is 1. The Kier molecular flexibility index (Phi) is 5.10. The molecule has 0 radical (unpaired) electrons. The molecule has 0 atom stereocenters. The van der Waals surface area contributed by atoms with Crippen LogP contribution in [0.5, 0.6) is 0 Å². The molecule has 8 nitrogen and oxygen atoms in total. The lowest BCUT2D eigenvalue weighted by atomic mass is 10.1. The summed E-state index contributed by atoms with van der Waals surface area (Å²) in [6, 6.07) is 7.02. The summed E-state index contributed by atoms with van der Waals surface area (Å²) in [6.45, 7) is -0.121. The Morgan fingerprint density at radius 3 is 2.82 bits per heavy atom. The number of nitrogens with one attached hydrogen (secondary N) is 1. The smallest absolute Gasteiger partial charge is 0.341 e. The zero-order valence-corrected chi connectivity index (χ0v) is 16.5. The van der Waals surface area contributed by atoms with Crippen LogP contribution in [0.15, 0.2) is 24.3 Å². The van der Waals surface area contributed by atoms with Crippen molar-refractivity contribution in [2.75, 3.05) is 12.4 Å². The molecule has 1 amide bonds. The topological polar surface area (TPSA) is 99.0 Å². The van der Waals surface area contributed by atoms with Crippen LogP contribution in [0, 0.1) is 0 Å². The molecule has 4 rings (SSSR count). The average Bonchev–Trinajstić information content (AvgIpc) is 3.38. The monoisotopic (exact) mass is 417 g/mol. The maximum absolute atomic E-state index is 12.5. The highest BCUT2D eigenvalue weighted by molar-refractivity contribution is 7.17. The largest absolute Gasteiger partial charge is 0.465 e. The van der Waals surface area contributed by atoms with Crippen LogP contribution in [0.3, 0.4) is 0 Å². The molecule has 1 aliphatic carbocycles. The number of benzene rings is 1. The molecule has 0 aliphatic heterocycles. The molecule has 0 saturated carbocycles. The van der Waals surface area contributed by atoms with Gasteiger partial charge in [-0.1, -0.05) is 11.6 Å². The van der Waals surface area contributed by atoms with Gasteiger partial charge in [0.25, 0.3) is 0 Å². The van der Waals surface area contributed by atoms with Gasteiger partial charge in [-0.25, -0.2) is 4.79 Å². The lowest BCUT2D eigenvalue weighted by molar-refractivity contribution is -0.117. The normalized spacial score (nSPS) is 12.6. The zero-order chi connectivity index (χ0) is 19.7. The van der Waals surface area contributed by atoms with Gasteiger partial charge < -0.3 is 10.1 Å². The SMILES string of the molecule is COC(=O)c1c(NC(=O)Cn2nnc(-c3ccc(Cl)cc3)n2)sc2c1CCC2. The number of thiophene rings is 1. The van der Waals surface area contributed by atoms with E-state index in [1.165, 1.54) is 23.2 Å². The van der Waals surface area contributed by atoms with Gasteiger partial charge >= 0.3 is 5.97 Å². The Bertz CT molecular complexity index is 1040. The third-order valence-corrected chi connectivity index (χ3v) is 5.86. The molecule has 0 spiro atoms. The van der Waals surface area contributed by atoms with E-state index in [0.717, 1.165) is 35.3 Å². The van der Waals surface area contributed by atoms with Crippen LogP contribution < -0.4 is 5.32 Å². The second-order valence-electron chi connectivity index (χ2n) is 6.25. The van der Waals surface area contributed by atoms with E-state index in [9.17, 15) is 9.59 Å². The number of nitrogens with zero attached hydrogens (tertiary/aromatic N) is 4. The van der Waals surface area contributed by atoms with Gasteiger partial charge in [0.05, 0.1) is 12.7 Å². The van der Waals surface area contributed by atoms with Crippen LogP contribution in [0.4, 0.5) is 5.00 Å². The molecule has 0 bridgehead atoms. The number of aromatic nitrogens is 4. The van der Waals surface area contributed by atoms with Gasteiger partial charge in [0, 0.05) is 15.5 Å². The van der Waals surface area contributed by atoms with Crippen molar-refractivity contribution in [3.05, 3.63) is 45.3 Å². The van der Waals surface area contributed by atoms with E-state index in [2.05, 4.69) is 20.7 Å². The van der Waals surface area contributed by atoms with Crippen molar-refractivity contribution >= 4 is 39.8 Å². The first-order valence-electron chi connectivity index (χ1n) is 8.61. The van der Waals surface area contributed by atoms with Gasteiger partial charge in [-0.15, -0.1) is 21.5 Å². The molecule has 1 aromatic carbocycles. The van der Waals surface area contributed by atoms with Crippen LogP contribution in [-0.4, -0.2) is 39.2 Å². The number of aryl methyl sites for hydroxylation is 1. The van der Waals surface area contributed by atoms with Gasteiger partial charge in [-0.05, 0) is 54.3 Å². The number of rotatable bonds is 5. The Morgan fingerprint density at radius 2 is 2.07 bits per heavy atom. The Labute approximate surface area is 169 Å². The van der Waals surface area contributed by atoms with E-state index < -0.39 is 5.97 Å². The molecule has 0 unspecified atom stereocenters. The van der Waals surface area contributed by atoms with Crippen molar-refractivity contribution in [2.24, 2.45) is 0 Å². The molecular weight excluding hydrogens is 402 g/mol. The molecule has 2 aromatic heterocycles. The van der Waals surface area contributed by atoms with Crippen LogP contribution in [-0.2, 0) is 28.9 Å². The number of ether oxygens (including phenoxy) is 1. The number of amides is 1. The van der Waals surface area contributed by atoms with Crippen LogP contribution in [0.2, 0.25) is 5.02 Å². The fraction of sp³-hybridized carbons (Fsp3) is 0.278. The molecule has 28 heavy (non-hydrogen) atoms. The number of esters is 1. The fourth-order valence-electron chi connectivity index (χ4n) is 3.13. The van der Waals surface area contributed by atoms with E-state index >= 15 is 0 Å². The number of hydrogen-bond donors (Lipinski definition) is 1. The number of fused-ring (bicyclic) bond motifs is 1. The summed E-state index contributed by atoms with van der Waals surface area (Å²) >= 11 is 7.30. The van der Waals surface area contributed by atoms with Gasteiger partial charge in [0.1, 0.15) is 11.5 Å². The van der Waals surface area contributed by atoms with Gasteiger partial charge in [0.15, 0.2) is 0 Å². The van der Waals surface area contributed by atoms with Gasteiger partial charge in [-0.3, -0.25) is 4.79 Å². The van der Waals surface area contributed by atoms with E-state index in [-0.39, 0.29) is 12.5 Å². The number of halogens is 1. The molecule has 1 aliphatic rings. The highest BCUT2D eigenvalue weighted by Crippen LogP contribution is 2.39. The zero-order valence-electron chi connectivity index (χ0n) is 14.9. The molecule has 2 heterocycles. The molecule has 3 aromatic rings. The van der Waals surface area contributed by atoms with Crippen LogP contribution in [0.1, 0.15) is 27.2 Å². The van der Waals surface area contributed by atoms with Crippen molar-refractivity contribution in [3.63, 3.8) is 0 Å². The van der Waals surface area contributed by atoms with Gasteiger partial charge in [-0.2, -0.15) is 4.80 Å². The molecule has 1 N–H and O–H groups in total. The summed E-state index contributed by atoms with van der Waals surface area (Å²) in [5.74, 6) is -0.376. The van der Waals surface area contributed by atoms with Crippen molar-refractivity contribution in [3.8, 4) is 11.4 Å². The summed E-state index contributed by atoms with van der Waals surface area (Å²) in [7, 11) is 1.34. The number of methoxy groups -OCH3 is 1. The Balaban J connectivity index is 1.48. The average molecular weight is 418 g/mol. The lowest BCUT2D eigenvalue weighted by Crippen LogP contribution is -2.21. The minimum absolute atomic E-state index is 0.121. The first-order chi connectivity index (χ1) is 13.5. The number of carbonyl (C=O) groups excluding carboxylic acids is 2. The third kappa shape index (κ3) is 3.63. The summed E-state index contributed by atoms with van der Waals surface area (Å²) in [6.07, 6.45) is 2.74. The van der Waals surface area contributed by atoms with Crippen molar-refractivity contribution in [1.82, 2.24) is 20.2 Å². The third-order valence-electron chi connectivity index (χ3n) is 4.40. The Morgan fingerprint density at radius 1 is 1.29 bits per heavy atom. The quantitative estimate of drug-likeness (QED) is 0.641. The van der Waals surface area contributed by atoms with Crippen LogP contribution >= 0.6 is 22.9 Å². The number of tetrazole rings is 1. The standard InChI is InChI=1S/C18H16ClN5O3S/c1-27-18(26)15-12-3-2-4-13(12)28-17(15)20-14(25)9-24-22-16(21-23-24)10-5-7-11(19)8-6-10/h5-8H,2-4,9H2,1H3,(H,20,25). The summed E-state index contributed by atoms with van der Waals surface area (Å²) in [5, 5.41) is 16.0. The van der Waals surface area contributed by atoms with E-state index in [1.54, 1.807) is 24.3 Å². The lowest BCUT2D eigenvalue weighted by Gasteiger charge is -2.06. The molecule has 0 saturated heterocycles. The van der Waals surface area contributed by atoms with Crippen LogP contribution in [0.25, 0.3) is 11.4 Å². The first kappa shape index (κ1) is 18.6. The van der Waals surface area contributed by atoms with Crippen molar-refractivity contribution in [2.45, 2.75) is 25.8 Å². The maximum Gasteiger partial charge on any atom is 0.341 e. The molecule has 144 valence electrons. The highest BCUT2D eigenvalue weighted by Gasteiger charge is 2.28. The number of carbonyl (C=O) groups is 2. The highest BCUT2D eigenvalue weighted by atomic mass is 35.5.